The Morgan fingerprint density at radius 2 is 0.443 bits per heavy atom. The van der Waals surface area contributed by atoms with Crippen LogP contribution in [-0.2, 0) is 6.42 Å². The van der Waals surface area contributed by atoms with Crippen LogP contribution in [0.2, 0.25) is 15.1 Å². The molecule has 0 heterocycles. The van der Waals surface area contributed by atoms with Gasteiger partial charge in [-0.15, -0.1) is 8.93 Å². The topological polar surface area (TPSA) is 22.1 Å². The highest BCUT2D eigenvalue weighted by Crippen LogP contribution is 2.75. The maximum Gasteiger partial charge on any atom is 0.0887 e. The van der Waals surface area contributed by atoms with Gasteiger partial charge in [-0.1, -0.05) is 404 Å². The number of nitrogens with zero attached hydrogens (tertiary/aromatic N) is 4. The molecule has 0 radical (unpaired) electrons. The predicted octanol–water partition coefficient (Wildman–Crippen LogP) is 35.8. The number of hydrogen-bond donors (Lipinski definition) is 0. The molecule has 5 atom stereocenters. The molecule has 4 nitrogen and oxygen atoms in total. The fourth-order valence-corrected chi connectivity index (χ4v) is 21.9. The molecule has 0 aliphatic heterocycles. The lowest BCUT2D eigenvalue weighted by atomic mass is 9.95. The van der Waals surface area contributed by atoms with Crippen molar-refractivity contribution in [3.8, 4) is 89.0 Å². The molecule has 122 heavy (non-hydrogen) atoms. The van der Waals surface area contributed by atoms with Gasteiger partial charge < -0.3 is 14.7 Å². The second-order valence-electron chi connectivity index (χ2n) is 28.7. The van der Waals surface area contributed by atoms with Crippen molar-refractivity contribution in [3.63, 3.8) is 0 Å². The Hall–Kier alpha value is -11.5. The van der Waals surface area contributed by atoms with Crippen molar-refractivity contribution in [3.05, 3.63) is 499 Å². The number of benzene rings is 18. The van der Waals surface area contributed by atoms with Crippen LogP contribution in [0.3, 0.4) is 0 Å². The van der Waals surface area contributed by atoms with Crippen molar-refractivity contribution in [1.29, 1.82) is 0 Å². The fourth-order valence-electron chi connectivity index (χ4n) is 14.7. The Labute approximate surface area is 744 Å². The Bertz CT molecular complexity index is 6300. The van der Waals surface area contributed by atoms with E-state index in [1.165, 1.54) is 91.5 Å². The summed E-state index contributed by atoms with van der Waals surface area (Å²) in [5.41, 5.74) is 30.8. The summed E-state index contributed by atoms with van der Waals surface area (Å²) in [4.78, 5) is 6.56. The van der Waals surface area contributed by atoms with Crippen molar-refractivity contribution in [1.82, 2.24) is 0 Å². The molecule has 594 valence electrons. The first kappa shape index (κ1) is 85.5. The van der Waals surface area contributed by atoms with E-state index in [-0.39, 0.29) is 6.99 Å². The van der Waals surface area contributed by atoms with Gasteiger partial charge >= 0.3 is 0 Å². The van der Waals surface area contributed by atoms with Gasteiger partial charge in [0, 0.05) is 49.2 Å². The monoisotopic (exact) mass is 1740 g/mol. The molecule has 0 bridgehead atoms. The van der Waals surface area contributed by atoms with Crippen LogP contribution >= 0.6 is 85.1 Å². The fraction of sp³-hybridized carbons (Fsp3) is 0.00917. The van der Waals surface area contributed by atoms with Gasteiger partial charge in [-0.25, -0.2) is 4.52 Å². The first-order valence-corrected chi connectivity index (χ1v) is 49.9. The van der Waals surface area contributed by atoms with Crippen LogP contribution in [0.15, 0.2) is 478 Å². The lowest BCUT2D eigenvalue weighted by molar-refractivity contribution is 1.19. The van der Waals surface area contributed by atoms with Crippen LogP contribution in [0.25, 0.3) is 89.0 Å². The van der Waals surface area contributed by atoms with Gasteiger partial charge in [-0.05, 0) is 237 Å². The standard InChI is InChI=1S/C54H39ClN2.C37H28.C18H13Cl2N.H7NP6/c55-54-52(56(48-24-9-3-10-25-48)49-26-11-4-12-27-49)28-15-29-53(54)57(50-34-30-42(31-35-50)40-16-5-1-6-17-40)51-36-32-43(33-37-51)45-21-14-23-47(39-45)46-22-13-20-44(38-46)41-18-7-2-8-19-41;1-3-9-30(10-4-1)32-21-17-28(18-22-32)25-29-19-23-33(24-20-29)35-14-8-16-37(27-35)36-15-7-13-34(26-36)31-11-5-2-6-12-31;19-16-12-7-13-17(18(16)20)21(14-8-3-1-4-9-14)15-10-5-2-6-11-15;2-1-5-7(4)6-3/h1-39H;1-24,26-27H,25H2;1-13H;6H,2-4H2. The van der Waals surface area contributed by atoms with Crippen LogP contribution in [0.4, 0.5) is 51.2 Å². The summed E-state index contributed by atoms with van der Waals surface area (Å²) in [6, 6.07) is 166. The van der Waals surface area contributed by atoms with Crippen LogP contribution < -0.4 is 14.7 Å². The third-order valence-corrected chi connectivity index (χ3v) is 36.4. The van der Waals surface area contributed by atoms with Crippen molar-refractivity contribution in [2.45, 2.75) is 6.42 Å². The lowest BCUT2D eigenvalue weighted by Gasteiger charge is -2.31. The number of anilines is 9. The van der Waals surface area contributed by atoms with E-state index in [1.54, 1.807) is 6.07 Å². The predicted molar refractivity (Wildman–Crippen MR) is 545 cm³/mol. The maximum absolute atomic E-state index is 7.59. The van der Waals surface area contributed by atoms with Crippen molar-refractivity contribution >= 4 is 136 Å². The summed E-state index contributed by atoms with van der Waals surface area (Å²) >= 11 is 20.2. The first-order valence-electron chi connectivity index (χ1n) is 40.1. The summed E-state index contributed by atoms with van der Waals surface area (Å²) in [6.45, 7) is 0.114. The van der Waals surface area contributed by atoms with Gasteiger partial charge in [0.05, 0.1) is 32.1 Å². The minimum absolute atomic E-state index is 0.114. The zero-order valence-electron chi connectivity index (χ0n) is 66.8. The zero-order valence-corrected chi connectivity index (χ0v) is 75.3. The molecule has 0 aliphatic rings. The quantitative estimate of drug-likeness (QED) is 0.0670. The van der Waals surface area contributed by atoms with Crippen molar-refractivity contribution < 1.29 is 0 Å². The molecule has 13 heteroatoms. The first-order chi connectivity index (χ1) is 60.1. The zero-order chi connectivity index (χ0) is 83.6. The van der Waals surface area contributed by atoms with Crippen molar-refractivity contribution in [2.75, 3.05) is 14.7 Å². The molecule has 18 aromatic rings. The smallest absolute Gasteiger partial charge is 0.0887 e. The Morgan fingerprint density at radius 3 is 0.713 bits per heavy atom. The van der Waals surface area contributed by atoms with Gasteiger partial charge in [-0.2, -0.15) is 0 Å². The molecule has 0 saturated heterocycles. The SMILES string of the molecule is Clc1c(N(c2ccccc2)c2ccccc2)cccc1N(c1ccc(-c2ccccc2)cc1)c1ccc(-c2cccc(-c3cccc(-c4ccccc4)c3)c2)cc1.Clc1cccc(N(c2ccccc2)c2ccccc2)c1Cl.PN=PP(P)PP.c1ccc(-c2ccc(Cc3ccc(-c4cccc(-c5cccc(-c6ccccc6)c5)c4)cc3)cc2)cc1. The van der Waals surface area contributed by atoms with Gasteiger partial charge in [0.25, 0.3) is 0 Å². The molecule has 0 spiro atoms. The highest BCUT2D eigenvalue weighted by Gasteiger charge is 2.24. The summed E-state index contributed by atoms with van der Waals surface area (Å²) in [7, 11) is 10.1. The summed E-state index contributed by atoms with van der Waals surface area (Å²) in [6.07, 6.45) is 0.932. The molecule has 0 N–H and O–H groups in total. The Balaban J connectivity index is 0.000000151. The average molecular weight is 1750 g/mol. The number of rotatable bonds is 21. The highest BCUT2D eigenvalue weighted by atomic mass is 35.5. The van der Waals surface area contributed by atoms with E-state index < -0.39 is 0 Å². The molecular formula is C109H87Cl3N4P6. The molecule has 18 aromatic carbocycles. The summed E-state index contributed by atoms with van der Waals surface area (Å²) in [5, 5.41) is 1.74. The molecular weight excluding hydrogens is 1660 g/mol. The molecule has 0 saturated carbocycles. The van der Waals surface area contributed by atoms with Crippen LogP contribution in [0, 0.1) is 0 Å². The normalized spacial score (nSPS) is 11.1. The van der Waals surface area contributed by atoms with Gasteiger partial charge in [0.15, 0.2) is 0 Å². The molecule has 0 aromatic heterocycles. The minimum Gasteiger partial charge on any atom is -0.309 e. The van der Waals surface area contributed by atoms with E-state index in [2.05, 4.69) is 423 Å². The van der Waals surface area contributed by atoms with E-state index in [0.717, 1.165) is 82.3 Å². The number of halogens is 3. The van der Waals surface area contributed by atoms with E-state index in [4.69, 9.17) is 34.8 Å². The van der Waals surface area contributed by atoms with Gasteiger partial charge in [0.2, 0.25) is 0 Å². The second-order valence-corrected chi connectivity index (χ2v) is 43.8. The van der Waals surface area contributed by atoms with Crippen LogP contribution in [-0.4, -0.2) is 0 Å². The second kappa shape index (κ2) is 43.3. The van der Waals surface area contributed by atoms with E-state index in [1.807, 2.05) is 91.0 Å². The molecule has 0 aliphatic carbocycles. The Morgan fingerprint density at radius 1 is 0.238 bits per heavy atom. The third-order valence-electron chi connectivity index (χ3n) is 20.7. The lowest BCUT2D eigenvalue weighted by Crippen LogP contribution is -2.14. The summed E-state index contributed by atoms with van der Waals surface area (Å²) < 4.78 is 3.90. The minimum atomic E-state index is 0.114. The van der Waals surface area contributed by atoms with Crippen LogP contribution in [0.5, 0.6) is 0 Å². The molecule has 0 amide bonds. The maximum atomic E-state index is 7.59. The van der Waals surface area contributed by atoms with Gasteiger partial charge in [0.1, 0.15) is 0 Å². The number of hydrogen-bond acceptors (Lipinski definition) is 4. The largest absolute Gasteiger partial charge is 0.309 e. The summed E-state index contributed by atoms with van der Waals surface area (Å²) in [5.74, 6) is 0. The average Bonchev–Trinajstić information content (AvgIpc) is 0.763. The van der Waals surface area contributed by atoms with E-state index >= 15 is 0 Å². The van der Waals surface area contributed by atoms with Crippen molar-refractivity contribution in [2.24, 2.45) is 4.52 Å². The highest BCUT2D eigenvalue weighted by molar-refractivity contribution is 8.78. The Kier molecular flexibility index (Phi) is 30.3. The number of para-hydroxylation sites is 4. The van der Waals surface area contributed by atoms with E-state index in [9.17, 15) is 0 Å². The molecule has 5 unspecified atom stereocenters. The van der Waals surface area contributed by atoms with E-state index in [0.29, 0.717) is 15.1 Å². The molecule has 18 rings (SSSR count). The third kappa shape index (κ3) is 22.2. The molecule has 0 fully saturated rings. The van der Waals surface area contributed by atoms with Gasteiger partial charge in [-0.3, -0.25) is 0 Å². The van der Waals surface area contributed by atoms with Crippen LogP contribution in [0.1, 0.15) is 11.1 Å².